The fraction of sp³-hybridized carbons (Fsp3) is 0.500. The van der Waals surface area contributed by atoms with E-state index < -0.39 is 0 Å². The van der Waals surface area contributed by atoms with Crippen molar-refractivity contribution in [3.63, 3.8) is 0 Å². The summed E-state index contributed by atoms with van der Waals surface area (Å²) in [7, 11) is 0. The maximum Gasteiger partial charge on any atom is 0.121 e. The molecule has 0 amide bonds. The molecule has 1 aromatic rings. The number of nitrogens with two attached hydrogens (primary N) is 1. The summed E-state index contributed by atoms with van der Waals surface area (Å²) in [5.41, 5.74) is 6.42. The minimum Gasteiger partial charge on any atom is -0.492 e. The molecule has 2 N–H and O–H groups in total. The lowest BCUT2D eigenvalue weighted by atomic mass is 10.3. The highest BCUT2D eigenvalue weighted by Crippen LogP contribution is 2.14. The van der Waals surface area contributed by atoms with Crippen molar-refractivity contribution in [3.05, 3.63) is 24.3 Å². The average Bonchev–Trinajstić information content (AvgIpc) is 2.71. The highest BCUT2D eigenvalue weighted by atomic mass is 16.5. The summed E-state index contributed by atoms with van der Waals surface area (Å²) in [6.45, 7) is 4.22. The van der Waals surface area contributed by atoms with Crippen LogP contribution in [0.2, 0.25) is 0 Å². The van der Waals surface area contributed by atoms with Crippen LogP contribution >= 0.6 is 0 Å². The van der Waals surface area contributed by atoms with E-state index in [0.29, 0.717) is 0 Å². The van der Waals surface area contributed by atoms with Crippen LogP contribution in [0, 0.1) is 0 Å². The molecule has 3 nitrogen and oxygen atoms in total. The van der Waals surface area contributed by atoms with Gasteiger partial charge in [-0.3, -0.25) is 4.90 Å². The van der Waals surface area contributed by atoms with Crippen molar-refractivity contribution in [2.24, 2.45) is 0 Å². The first-order valence-electron chi connectivity index (χ1n) is 5.55. The molecule has 0 radical (unpaired) electrons. The number of likely N-dealkylation sites (tertiary alicyclic amines) is 1. The number of ether oxygens (including phenoxy) is 1. The van der Waals surface area contributed by atoms with Gasteiger partial charge >= 0.3 is 0 Å². The van der Waals surface area contributed by atoms with E-state index in [0.717, 1.165) is 24.6 Å². The van der Waals surface area contributed by atoms with Gasteiger partial charge in [0.25, 0.3) is 0 Å². The second-order valence-corrected chi connectivity index (χ2v) is 3.97. The number of hydrogen-bond acceptors (Lipinski definition) is 3. The van der Waals surface area contributed by atoms with Crippen LogP contribution in [0.3, 0.4) is 0 Å². The molecular weight excluding hydrogens is 188 g/mol. The molecule has 0 unspecified atom stereocenters. The Bertz CT molecular complexity index is 308. The van der Waals surface area contributed by atoms with Crippen molar-refractivity contribution in [2.75, 3.05) is 32.0 Å². The second-order valence-electron chi connectivity index (χ2n) is 3.97. The van der Waals surface area contributed by atoms with Gasteiger partial charge in [-0.2, -0.15) is 0 Å². The van der Waals surface area contributed by atoms with Gasteiger partial charge in [-0.1, -0.05) is 6.07 Å². The third-order valence-electron chi connectivity index (χ3n) is 2.73. The first kappa shape index (κ1) is 10.3. The van der Waals surface area contributed by atoms with Gasteiger partial charge in [0.1, 0.15) is 12.4 Å². The molecule has 2 rings (SSSR count). The van der Waals surface area contributed by atoms with Gasteiger partial charge in [0.2, 0.25) is 0 Å². The predicted molar refractivity (Wildman–Crippen MR) is 62.0 cm³/mol. The number of rotatable bonds is 4. The summed E-state index contributed by atoms with van der Waals surface area (Å²) in [6.07, 6.45) is 2.66. The molecular formula is C12H18N2O. The molecule has 0 aliphatic carbocycles. The summed E-state index contributed by atoms with van der Waals surface area (Å²) in [6, 6.07) is 7.60. The highest BCUT2D eigenvalue weighted by molar-refractivity contribution is 5.43. The summed E-state index contributed by atoms with van der Waals surface area (Å²) in [5, 5.41) is 0. The number of benzene rings is 1. The Morgan fingerprint density at radius 2 is 2.07 bits per heavy atom. The summed E-state index contributed by atoms with van der Waals surface area (Å²) in [4.78, 5) is 2.44. The summed E-state index contributed by atoms with van der Waals surface area (Å²) >= 11 is 0. The molecule has 0 spiro atoms. The molecule has 15 heavy (non-hydrogen) atoms. The van der Waals surface area contributed by atoms with Gasteiger partial charge in [0.05, 0.1) is 0 Å². The van der Waals surface area contributed by atoms with Crippen LogP contribution in [0.25, 0.3) is 0 Å². The fourth-order valence-electron chi connectivity index (χ4n) is 1.90. The van der Waals surface area contributed by atoms with Crippen LogP contribution in [0.5, 0.6) is 5.75 Å². The van der Waals surface area contributed by atoms with Crippen molar-refractivity contribution in [3.8, 4) is 5.75 Å². The first-order valence-corrected chi connectivity index (χ1v) is 5.55. The monoisotopic (exact) mass is 206 g/mol. The van der Waals surface area contributed by atoms with E-state index >= 15 is 0 Å². The maximum atomic E-state index is 5.66. The standard InChI is InChI=1S/C12H18N2O/c13-11-4-3-5-12(10-11)15-9-8-14-6-1-2-7-14/h3-5,10H,1-2,6-9,13H2. The Morgan fingerprint density at radius 1 is 1.27 bits per heavy atom. The molecule has 0 aromatic heterocycles. The number of hydrogen-bond donors (Lipinski definition) is 1. The summed E-state index contributed by atoms with van der Waals surface area (Å²) in [5.74, 6) is 0.870. The largest absolute Gasteiger partial charge is 0.492 e. The van der Waals surface area contributed by atoms with Crippen molar-refractivity contribution in [1.82, 2.24) is 4.90 Å². The Balaban J connectivity index is 1.73. The van der Waals surface area contributed by atoms with Crippen molar-refractivity contribution < 1.29 is 4.74 Å². The minimum atomic E-state index is 0.753. The Labute approximate surface area is 90.8 Å². The highest BCUT2D eigenvalue weighted by Gasteiger charge is 2.10. The third-order valence-corrected chi connectivity index (χ3v) is 2.73. The van der Waals surface area contributed by atoms with Crippen LogP contribution < -0.4 is 10.5 Å². The predicted octanol–water partition coefficient (Wildman–Crippen LogP) is 1.74. The SMILES string of the molecule is Nc1cccc(OCCN2CCCC2)c1. The Kier molecular flexibility index (Phi) is 3.45. The van der Waals surface area contributed by atoms with Gasteiger partial charge in [-0.15, -0.1) is 0 Å². The quantitative estimate of drug-likeness (QED) is 0.763. The van der Waals surface area contributed by atoms with Gasteiger partial charge in [0, 0.05) is 18.3 Å². The number of nitrogens with zero attached hydrogens (tertiary/aromatic N) is 1. The van der Waals surface area contributed by atoms with Gasteiger partial charge in [0.15, 0.2) is 0 Å². The molecule has 0 bridgehead atoms. The molecule has 82 valence electrons. The van der Waals surface area contributed by atoms with Gasteiger partial charge in [-0.25, -0.2) is 0 Å². The number of anilines is 1. The van der Waals surface area contributed by atoms with Gasteiger partial charge in [-0.05, 0) is 38.1 Å². The molecule has 0 atom stereocenters. The lowest BCUT2D eigenvalue weighted by Crippen LogP contribution is -2.25. The van der Waals surface area contributed by atoms with E-state index in [2.05, 4.69) is 4.90 Å². The van der Waals surface area contributed by atoms with E-state index in [1.807, 2.05) is 24.3 Å². The smallest absolute Gasteiger partial charge is 0.121 e. The van der Waals surface area contributed by atoms with Crippen molar-refractivity contribution >= 4 is 5.69 Å². The molecule has 1 fully saturated rings. The summed E-state index contributed by atoms with van der Waals surface area (Å²) < 4.78 is 5.63. The molecule has 0 saturated carbocycles. The zero-order valence-corrected chi connectivity index (χ0v) is 8.98. The van der Waals surface area contributed by atoms with Crippen LogP contribution in [-0.4, -0.2) is 31.1 Å². The van der Waals surface area contributed by atoms with Crippen molar-refractivity contribution in [2.45, 2.75) is 12.8 Å². The van der Waals surface area contributed by atoms with Crippen molar-refractivity contribution in [1.29, 1.82) is 0 Å². The van der Waals surface area contributed by atoms with E-state index in [4.69, 9.17) is 10.5 Å². The molecule has 1 heterocycles. The van der Waals surface area contributed by atoms with Gasteiger partial charge < -0.3 is 10.5 Å². The third kappa shape index (κ3) is 3.13. The second kappa shape index (κ2) is 5.03. The topological polar surface area (TPSA) is 38.5 Å². The lowest BCUT2D eigenvalue weighted by molar-refractivity contribution is 0.238. The van der Waals surface area contributed by atoms with E-state index in [-0.39, 0.29) is 0 Å². The molecule has 1 saturated heterocycles. The Morgan fingerprint density at radius 3 is 2.80 bits per heavy atom. The molecule has 1 aliphatic rings. The van der Waals surface area contributed by atoms with Crippen LogP contribution in [0.1, 0.15) is 12.8 Å². The maximum absolute atomic E-state index is 5.66. The van der Waals surface area contributed by atoms with E-state index in [9.17, 15) is 0 Å². The zero-order valence-electron chi connectivity index (χ0n) is 8.98. The van der Waals surface area contributed by atoms with Crippen LogP contribution in [-0.2, 0) is 0 Å². The van der Waals surface area contributed by atoms with Crippen LogP contribution in [0.4, 0.5) is 5.69 Å². The molecule has 1 aromatic carbocycles. The zero-order chi connectivity index (χ0) is 10.5. The first-order chi connectivity index (χ1) is 7.34. The molecule has 3 heteroatoms. The van der Waals surface area contributed by atoms with Crippen LogP contribution in [0.15, 0.2) is 24.3 Å². The Hall–Kier alpha value is -1.22. The lowest BCUT2D eigenvalue weighted by Gasteiger charge is -2.14. The van der Waals surface area contributed by atoms with E-state index in [1.54, 1.807) is 0 Å². The minimum absolute atomic E-state index is 0.753. The average molecular weight is 206 g/mol. The van der Waals surface area contributed by atoms with E-state index in [1.165, 1.54) is 25.9 Å². The number of nitrogen functional groups attached to an aromatic ring is 1. The normalized spacial score (nSPS) is 16.8. The molecule has 1 aliphatic heterocycles. The fourth-order valence-corrected chi connectivity index (χ4v) is 1.90.